The van der Waals surface area contributed by atoms with Crippen LogP contribution in [0.5, 0.6) is 0 Å². The quantitative estimate of drug-likeness (QED) is 0.291. The molecule has 0 unspecified atom stereocenters. The summed E-state index contributed by atoms with van der Waals surface area (Å²) >= 11 is 5.21. The van der Waals surface area contributed by atoms with Crippen LogP contribution in [0.3, 0.4) is 0 Å². The third kappa shape index (κ3) is 8.99. The first-order valence-electron chi connectivity index (χ1n) is 8.31. The van der Waals surface area contributed by atoms with Gasteiger partial charge in [0.05, 0.1) is 0 Å². The molecule has 2 aliphatic rings. The zero-order valence-corrected chi connectivity index (χ0v) is 18.6. The molecule has 0 bridgehead atoms. The van der Waals surface area contributed by atoms with Gasteiger partial charge in [0, 0.05) is 6.04 Å². The van der Waals surface area contributed by atoms with Gasteiger partial charge in [-0.3, -0.25) is 0 Å². The number of halogens is 1. The number of rotatable bonds is 4. The Morgan fingerprint density at radius 2 is 1.52 bits per heavy atom. The maximum atomic E-state index is 5.21. The minimum atomic E-state index is 0. The first-order chi connectivity index (χ1) is 9.26. The van der Waals surface area contributed by atoms with Crippen molar-refractivity contribution in [1.82, 2.24) is 4.90 Å². The molecule has 0 aromatic rings. The smallest absolute Gasteiger partial charge is 0.792 e. The fourth-order valence-corrected chi connectivity index (χ4v) is 5.17. The number of nitrogens with zero attached hydrogens (tertiary/aromatic N) is 1. The summed E-state index contributed by atoms with van der Waals surface area (Å²) in [5, 5.41) is 0. The molecule has 2 fully saturated rings. The first kappa shape index (κ1) is 25.0. The molecule has 0 amide bonds. The molecule has 21 heavy (non-hydrogen) atoms. The molecule has 0 radical (unpaired) electrons. The van der Waals surface area contributed by atoms with E-state index in [0.29, 0.717) is 7.92 Å². The van der Waals surface area contributed by atoms with Gasteiger partial charge in [0.25, 0.3) is 0 Å². The number of fused-ring (bicyclic) bond motifs is 1. The van der Waals surface area contributed by atoms with Crippen LogP contribution in [-0.4, -0.2) is 48.3 Å². The minimum absolute atomic E-state index is 0. The van der Waals surface area contributed by atoms with Crippen LogP contribution in [0.15, 0.2) is 0 Å². The van der Waals surface area contributed by atoms with E-state index in [1.165, 1.54) is 63.7 Å². The van der Waals surface area contributed by atoms with E-state index in [9.17, 15) is 0 Å². The summed E-state index contributed by atoms with van der Waals surface area (Å²) in [6, 6.07) is 0.866. The van der Waals surface area contributed by atoms with E-state index in [-0.39, 0.29) is 34.8 Å². The molecule has 2 rings (SSSR count). The molecule has 5 heteroatoms. The predicted octanol–water partition coefficient (Wildman–Crippen LogP) is 4.75. The summed E-state index contributed by atoms with van der Waals surface area (Å²) in [4.78, 5) is 2.68. The van der Waals surface area contributed by atoms with Crippen LogP contribution in [0, 0.1) is 5.92 Å². The minimum Gasteiger partial charge on any atom is -0.792 e. The zero-order chi connectivity index (χ0) is 14.1. The first-order valence-corrected chi connectivity index (χ1v) is 10.8. The van der Waals surface area contributed by atoms with Gasteiger partial charge in [0.15, 0.2) is 0 Å². The molecule has 2 heterocycles. The van der Waals surface area contributed by atoms with Crippen LogP contribution >= 0.6 is 20.3 Å². The Bertz CT molecular complexity index is 218. The van der Waals surface area contributed by atoms with Gasteiger partial charge in [-0.25, -0.2) is 0 Å². The van der Waals surface area contributed by atoms with Gasteiger partial charge in [0.1, 0.15) is 0 Å². The van der Waals surface area contributed by atoms with Crippen LogP contribution in [-0.2, 0) is 35.0 Å². The SMILES string of the molecule is CCP(CC)CC.Cl.[Au+].[S-]C[C@@H]1CCCN2CCCC[C@H]12. The van der Waals surface area contributed by atoms with Crippen molar-refractivity contribution in [3.63, 3.8) is 0 Å². The summed E-state index contributed by atoms with van der Waals surface area (Å²) < 4.78 is 0. The second kappa shape index (κ2) is 15.3. The standard InChI is InChI=1S/C10H19NS.C6H15P.Au.ClH/c12-8-9-4-3-7-11-6-2-1-5-10(9)11;1-4-7(5-2)6-3;;/h9-10,12H,1-8H2;4-6H2,1-3H3;;1H/q;;+1;/p-1/t9-,10+;;;/m0.../s1. The zero-order valence-electron chi connectivity index (χ0n) is 13.9. The second-order valence-electron chi connectivity index (χ2n) is 5.79. The summed E-state index contributed by atoms with van der Waals surface area (Å²) in [7, 11) is 0.446. The van der Waals surface area contributed by atoms with Crippen molar-refractivity contribution in [2.24, 2.45) is 5.92 Å². The van der Waals surface area contributed by atoms with E-state index in [2.05, 4.69) is 25.7 Å². The number of piperidine rings is 2. The molecule has 0 aliphatic carbocycles. The molecule has 2 atom stereocenters. The molecule has 2 aliphatic heterocycles. The predicted molar refractivity (Wildman–Crippen MR) is 100.0 cm³/mol. The normalized spacial score (nSPS) is 25.0. The van der Waals surface area contributed by atoms with Crippen molar-refractivity contribution in [2.75, 3.05) is 37.3 Å². The maximum absolute atomic E-state index is 5.21. The van der Waals surface area contributed by atoms with Gasteiger partial charge in [-0.15, -0.1) is 20.3 Å². The van der Waals surface area contributed by atoms with Crippen LogP contribution in [0.1, 0.15) is 52.9 Å². The van der Waals surface area contributed by atoms with Crippen LogP contribution in [0.4, 0.5) is 0 Å². The van der Waals surface area contributed by atoms with Crippen LogP contribution in [0.2, 0.25) is 0 Å². The average molecular weight is 536 g/mol. The molecule has 1 nitrogen and oxygen atoms in total. The van der Waals surface area contributed by atoms with E-state index in [1.54, 1.807) is 0 Å². The number of hydrogen-bond acceptors (Lipinski definition) is 2. The topological polar surface area (TPSA) is 3.24 Å². The van der Waals surface area contributed by atoms with Crippen molar-refractivity contribution >= 4 is 33.0 Å². The van der Waals surface area contributed by atoms with E-state index >= 15 is 0 Å². The van der Waals surface area contributed by atoms with Gasteiger partial charge < -0.3 is 17.5 Å². The summed E-state index contributed by atoms with van der Waals surface area (Å²) in [6.07, 6.45) is 11.3. The van der Waals surface area contributed by atoms with Crippen molar-refractivity contribution in [2.45, 2.75) is 58.9 Å². The van der Waals surface area contributed by atoms with Crippen molar-refractivity contribution in [1.29, 1.82) is 0 Å². The molecule has 0 saturated carbocycles. The molecule has 2 saturated heterocycles. The fourth-order valence-electron chi connectivity index (χ4n) is 3.44. The number of hydrogen-bond donors (Lipinski definition) is 0. The van der Waals surface area contributed by atoms with Crippen molar-refractivity contribution in [3.8, 4) is 0 Å². The van der Waals surface area contributed by atoms with E-state index in [1.807, 2.05) is 0 Å². The Labute approximate surface area is 161 Å². The van der Waals surface area contributed by atoms with E-state index < -0.39 is 0 Å². The Morgan fingerprint density at radius 1 is 0.952 bits per heavy atom. The van der Waals surface area contributed by atoms with Crippen molar-refractivity contribution in [3.05, 3.63) is 0 Å². The average Bonchev–Trinajstić information content (AvgIpc) is 2.49. The third-order valence-corrected chi connectivity index (χ3v) is 7.90. The Hall–Kier alpha value is 1.77. The molecule has 0 spiro atoms. The maximum Gasteiger partial charge on any atom is 1.00 e. The summed E-state index contributed by atoms with van der Waals surface area (Å²) in [6.45, 7) is 9.56. The summed E-state index contributed by atoms with van der Waals surface area (Å²) in [5.41, 5.74) is 0. The Kier molecular flexibility index (Phi) is 18.2. The molecular formula is C16H34AuClNPS. The molecule has 132 valence electrons. The Balaban J connectivity index is 0. The van der Waals surface area contributed by atoms with Crippen LogP contribution in [0.25, 0.3) is 0 Å². The van der Waals surface area contributed by atoms with Crippen LogP contribution < -0.4 is 0 Å². The van der Waals surface area contributed by atoms with Crippen molar-refractivity contribution < 1.29 is 22.4 Å². The molecular weight excluding hydrogens is 502 g/mol. The van der Waals surface area contributed by atoms with Gasteiger partial charge in [0.2, 0.25) is 0 Å². The van der Waals surface area contributed by atoms with Gasteiger partial charge in [-0.1, -0.05) is 27.2 Å². The van der Waals surface area contributed by atoms with Gasteiger partial charge in [-0.2, -0.15) is 5.75 Å². The largest absolute Gasteiger partial charge is 1.00 e. The van der Waals surface area contributed by atoms with Gasteiger partial charge >= 0.3 is 22.4 Å². The molecule has 0 aromatic carbocycles. The second-order valence-corrected chi connectivity index (χ2v) is 9.36. The Morgan fingerprint density at radius 3 is 2.00 bits per heavy atom. The van der Waals surface area contributed by atoms with E-state index in [0.717, 1.165) is 17.7 Å². The summed E-state index contributed by atoms with van der Waals surface area (Å²) in [5.74, 6) is 1.83. The molecule has 0 N–H and O–H groups in total. The fraction of sp³-hybridized carbons (Fsp3) is 1.00. The third-order valence-electron chi connectivity index (χ3n) is 4.78. The van der Waals surface area contributed by atoms with E-state index in [4.69, 9.17) is 12.6 Å². The monoisotopic (exact) mass is 535 g/mol. The van der Waals surface area contributed by atoms with Gasteiger partial charge in [-0.05, 0) is 63.2 Å². The molecule has 0 aromatic heterocycles.